The third-order valence-electron chi connectivity index (χ3n) is 9.52. The maximum atomic E-state index is 13.7. The SMILES string of the molecule is CC(=O)OCC12C(OC(=O)C=Cc3ccccc3)CCC(C)(O)C13OC(C)(C)C(C(OC(C)=O)C2OC(=O)c1cccnc1)C3O. The van der Waals surface area contributed by atoms with Crippen molar-refractivity contribution in [3.8, 4) is 0 Å². The van der Waals surface area contributed by atoms with Crippen LogP contribution in [-0.2, 0) is 38.1 Å². The fourth-order valence-corrected chi connectivity index (χ4v) is 7.76. The largest absolute Gasteiger partial charge is 0.465 e. The van der Waals surface area contributed by atoms with E-state index in [2.05, 4.69) is 4.98 Å². The van der Waals surface area contributed by atoms with E-state index in [-0.39, 0.29) is 18.4 Å². The van der Waals surface area contributed by atoms with Crippen LogP contribution in [0.1, 0.15) is 63.4 Å². The first-order valence-corrected chi connectivity index (χ1v) is 15.1. The van der Waals surface area contributed by atoms with Crippen LogP contribution < -0.4 is 0 Å². The van der Waals surface area contributed by atoms with Crippen molar-refractivity contribution >= 4 is 30.0 Å². The molecule has 12 heteroatoms. The van der Waals surface area contributed by atoms with Crippen molar-refractivity contribution in [2.75, 3.05) is 6.61 Å². The van der Waals surface area contributed by atoms with Gasteiger partial charge in [0.2, 0.25) is 0 Å². The molecule has 1 saturated heterocycles. The number of aromatic nitrogens is 1. The van der Waals surface area contributed by atoms with Crippen molar-refractivity contribution in [1.82, 2.24) is 4.98 Å². The maximum absolute atomic E-state index is 13.7. The molecule has 46 heavy (non-hydrogen) atoms. The Balaban J connectivity index is 1.72. The summed E-state index contributed by atoms with van der Waals surface area (Å²) in [6.07, 6.45) is -0.291. The Morgan fingerprint density at radius 2 is 1.72 bits per heavy atom. The molecule has 5 rings (SSSR count). The zero-order valence-corrected chi connectivity index (χ0v) is 26.4. The highest BCUT2D eigenvalue weighted by atomic mass is 16.6. The van der Waals surface area contributed by atoms with Gasteiger partial charge in [0.25, 0.3) is 0 Å². The van der Waals surface area contributed by atoms with Crippen LogP contribution in [0.25, 0.3) is 6.08 Å². The van der Waals surface area contributed by atoms with Crippen molar-refractivity contribution in [3.63, 3.8) is 0 Å². The Morgan fingerprint density at radius 3 is 2.35 bits per heavy atom. The van der Waals surface area contributed by atoms with Crippen LogP contribution in [0, 0.1) is 11.3 Å². The Bertz CT molecular complexity index is 1510. The molecular weight excluding hydrogens is 598 g/mol. The molecular formula is C34H39NO11. The van der Waals surface area contributed by atoms with Crippen molar-refractivity contribution in [1.29, 1.82) is 0 Å². The number of nitrogens with zero attached hydrogens (tertiary/aromatic N) is 1. The molecule has 2 aliphatic carbocycles. The van der Waals surface area contributed by atoms with Gasteiger partial charge in [-0.25, -0.2) is 9.59 Å². The molecule has 0 amide bonds. The predicted octanol–water partition coefficient (Wildman–Crippen LogP) is 2.80. The number of carbonyl (C=O) groups is 4. The Hall–Kier alpha value is -4.13. The molecule has 1 aliphatic heterocycles. The third kappa shape index (κ3) is 5.48. The molecule has 2 N–H and O–H groups in total. The quantitative estimate of drug-likeness (QED) is 0.247. The maximum Gasteiger partial charge on any atom is 0.340 e. The third-order valence-corrected chi connectivity index (χ3v) is 9.52. The molecule has 0 radical (unpaired) electrons. The number of hydrogen-bond donors (Lipinski definition) is 2. The minimum absolute atomic E-state index is 0.0173. The molecule has 3 fully saturated rings. The van der Waals surface area contributed by atoms with Crippen molar-refractivity contribution in [2.24, 2.45) is 11.3 Å². The van der Waals surface area contributed by atoms with E-state index in [1.54, 1.807) is 32.1 Å². The first-order valence-electron chi connectivity index (χ1n) is 15.1. The topological polar surface area (TPSA) is 168 Å². The van der Waals surface area contributed by atoms with Gasteiger partial charge in [0.05, 0.1) is 28.8 Å². The molecule has 2 aromatic rings. The zero-order chi connectivity index (χ0) is 33.5. The highest BCUT2D eigenvalue weighted by Crippen LogP contribution is 2.68. The number of benzene rings is 1. The fraction of sp³-hybridized carbons (Fsp3) is 0.500. The summed E-state index contributed by atoms with van der Waals surface area (Å²) < 4.78 is 30.4. The van der Waals surface area contributed by atoms with E-state index in [1.165, 1.54) is 44.4 Å². The van der Waals surface area contributed by atoms with E-state index in [1.807, 2.05) is 18.2 Å². The number of fused-ring (bicyclic) bond motifs is 1. The summed E-state index contributed by atoms with van der Waals surface area (Å²) in [5.41, 5.74) is -6.39. The average Bonchev–Trinajstić information content (AvgIpc) is 3.18. The van der Waals surface area contributed by atoms with E-state index >= 15 is 0 Å². The lowest BCUT2D eigenvalue weighted by Gasteiger charge is -2.65. The fourth-order valence-electron chi connectivity index (χ4n) is 7.76. The number of hydrogen-bond acceptors (Lipinski definition) is 12. The highest BCUT2D eigenvalue weighted by molar-refractivity contribution is 5.89. The van der Waals surface area contributed by atoms with Gasteiger partial charge in [0.15, 0.2) is 6.10 Å². The zero-order valence-electron chi connectivity index (χ0n) is 26.4. The van der Waals surface area contributed by atoms with Crippen molar-refractivity contribution in [3.05, 3.63) is 72.1 Å². The predicted molar refractivity (Wildman–Crippen MR) is 161 cm³/mol. The second-order valence-corrected chi connectivity index (χ2v) is 12.9. The first-order chi connectivity index (χ1) is 21.7. The van der Waals surface area contributed by atoms with Gasteiger partial charge in [-0.05, 0) is 57.4 Å². The minimum atomic E-state index is -2.05. The summed E-state index contributed by atoms with van der Waals surface area (Å²) in [5, 5.41) is 24.4. The van der Waals surface area contributed by atoms with Crippen LogP contribution in [0.15, 0.2) is 60.9 Å². The van der Waals surface area contributed by atoms with E-state index in [9.17, 15) is 29.4 Å². The number of pyridine rings is 1. The number of carbonyl (C=O) groups excluding carboxylic acids is 4. The summed E-state index contributed by atoms with van der Waals surface area (Å²) in [5.74, 6) is -4.19. The van der Waals surface area contributed by atoms with Gasteiger partial charge in [-0.1, -0.05) is 30.3 Å². The number of ether oxygens (including phenoxy) is 5. The van der Waals surface area contributed by atoms with Gasteiger partial charge in [-0.3, -0.25) is 14.6 Å². The molecule has 8 unspecified atom stereocenters. The normalized spacial score (nSPS) is 34.3. The van der Waals surface area contributed by atoms with Crippen molar-refractivity contribution in [2.45, 2.75) is 88.7 Å². The standard InChI is InChI=1S/C34H39NO11/c1-20(36)42-19-33-24(44-25(38)14-13-22-10-7-6-8-11-22)15-16-32(5,41)34(33)28(39)26(31(3,4)46-34)27(43-21(2)37)29(33)45-30(40)23-12-9-17-35-18-23/h6-14,17-18,24,26-29,39,41H,15-16,19H2,1-5H3. The Morgan fingerprint density at radius 1 is 1.00 bits per heavy atom. The van der Waals surface area contributed by atoms with Crippen molar-refractivity contribution < 1.29 is 53.1 Å². The Labute approximate surface area is 266 Å². The van der Waals surface area contributed by atoms with Gasteiger partial charge in [0, 0.05) is 32.3 Å². The monoisotopic (exact) mass is 637 g/mol. The second-order valence-electron chi connectivity index (χ2n) is 12.9. The molecule has 2 heterocycles. The highest BCUT2D eigenvalue weighted by Gasteiger charge is 2.86. The van der Waals surface area contributed by atoms with Gasteiger partial charge >= 0.3 is 23.9 Å². The van der Waals surface area contributed by atoms with Crippen LogP contribution in [0.4, 0.5) is 0 Å². The summed E-state index contributed by atoms with van der Waals surface area (Å²) in [6, 6.07) is 12.0. The Kier molecular flexibility index (Phi) is 8.84. The van der Waals surface area contributed by atoms with E-state index < -0.39 is 83.0 Å². The van der Waals surface area contributed by atoms with Crippen LogP contribution in [0.5, 0.6) is 0 Å². The van der Waals surface area contributed by atoms with Gasteiger partial charge < -0.3 is 33.9 Å². The molecule has 1 spiro atoms. The number of aliphatic hydroxyl groups is 2. The van der Waals surface area contributed by atoms with Crippen LogP contribution in [-0.4, -0.2) is 86.9 Å². The van der Waals surface area contributed by atoms with E-state index in [4.69, 9.17) is 23.7 Å². The molecule has 3 aliphatic rings. The van der Waals surface area contributed by atoms with Gasteiger partial charge in [-0.15, -0.1) is 0 Å². The molecule has 1 aromatic carbocycles. The van der Waals surface area contributed by atoms with Crippen LogP contribution >= 0.6 is 0 Å². The molecule has 12 nitrogen and oxygen atoms in total. The van der Waals surface area contributed by atoms with Crippen LogP contribution in [0.2, 0.25) is 0 Å². The van der Waals surface area contributed by atoms with Gasteiger partial charge in [0.1, 0.15) is 29.8 Å². The van der Waals surface area contributed by atoms with Crippen LogP contribution in [0.3, 0.4) is 0 Å². The molecule has 2 bridgehead atoms. The smallest absolute Gasteiger partial charge is 0.340 e. The van der Waals surface area contributed by atoms with Gasteiger partial charge in [-0.2, -0.15) is 0 Å². The second kappa shape index (κ2) is 12.2. The minimum Gasteiger partial charge on any atom is -0.465 e. The summed E-state index contributed by atoms with van der Waals surface area (Å²) in [7, 11) is 0. The summed E-state index contributed by atoms with van der Waals surface area (Å²) >= 11 is 0. The number of aliphatic hydroxyl groups excluding tert-OH is 1. The van der Waals surface area contributed by atoms with E-state index in [0.717, 1.165) is 12.5 Å². The average molecular weight is 638 g/mol. The summed E-state index contributed by atoms with van der Waals surface area (Å²) in [4.78, 5) is 56.2. The lowest BCUT2D eigenvalue weighted by atomic mass is 9.46. The molecule has 2 saturated carbocycles. The lowest BCUT2D eigenvalue weighted by Crippen LogP contribution is -2.83. The molecule has 246 valence electrons. The number of esters is 4. The number of rotatable bonds is 8. The van der Waals surface area contributed by atoms with E-state index in [0.29, 0.717) is 0 Å². The lowest BCUT2D eigenvalue weighted by molar-refractivity contribution is -0.348. The molecule has 1 aromatic heterocycles. The molecule has 8 atom stereocenters. The summed E-state index contributed by atoms with van der Waals surface area (Å²) in [6.45, 7) is 6.47. The first kappa shape index (κ1) is 33.2.